The number of nitrogens with zero attached hydrogens (tertiary/aromatic N) is 7. The molecule has 2 saturated heterocycles. The Morgan fingerprint density at radius 1 is 0.987 bits per heavy atom. The summed E-state index contributed by atoms with van der Waals surface area (Å²) in [6.07, 6.45) is 13.8. The first-order valence-corrected chi connectivity index (χ1v) is 27.9. The largest absolute Gasteiger partial charge is 0.455 e. The Morgan fingerprint density at radius 3 is 2.47 bits per heavy atom. The second kappa shape index (κ2) is 21.0. The number of aromatic nitrogens is 4. The van der Waals surface area contributed by atoms with E-state index >= 15 is 4.39 Å². The van der Waals surface area contributed by atoms with E-state index in [2.05, 4.69) is 88.3 Å². The summed E-state index contributed by atoms with van der Waals surface area (Å²) in [4.78, 5) is 39.9. The summed E-state index contributed by atoms with van der Waals surface area (Å²) in [5.41, 5.74) is 3.46. The number of carbonyl (C=O) groups is 1. The molecule has 3 aromatic carbocycles. The Balaban J connectivity index is 0.844. The van der Waals surface area contributed by atoms with Crippen molar-refractivity contribution < 1.29 is 32.4 Å². The number of H-pyrrole nitrogens is 1. The number of piperazine rings is 1. The van der Waals surface area contributed by atoms with Crippen molar-refractivity contribution in [2.24, 2.45) is 11.3 Å². The van der Waals surface area contributed by atoms with Crippen molar-refractivity contribution in [3.8, 4) is 11.5 Å². The van der Waals surface area contributed by atoms with Crippen LogP contribution in [0.3, 0.4) is 0 Å². The molecule has 4 fully saturated rings. The maximum atomic E-state index is 16.6. The summed E-state index contributed by atoms with van der Waals surface area (Å²) in [7, 11) is -4.72. The average molecular weight is 1050 g/mol. The van der Waals surface area contributed by atoms with Crippen molar-refractivity contribution in [3.63, 3.8) is 0 Å². The van der Waals surface area contributed by atoms with Crippen LogP contribution in [0.15, 0.2) is 96.4 Å². The lowest BCUT2D eigenvalue weighted by atomic mass is 9.59. The molecule has 75 heavy (non-hydrogen) atoms. The van der Waals surface area contributed by atoms with Crippen LogP contribution in [0.4, 0.5) is 21.5 Å². The van der Waals surface area contributed by atoms with Gasteiger partial charge in [0.15, 0.2) is 0 Å². The van der Waals surface area contributed by atoms with Gasteiger partial charge in [0.2, 0.25) is 0 Å². The highest BCUT2D eigenvalue weighted by molar-refractivity contribution is 7.90. The van der Waals surface area contributed by atoms with E-state index < -0.39 is 42.9 Å². The van der Waals surface area contributed by atoms with Crippen LogP contribution >= 0.6 is 0 Å². The number of hydrogen-bond acceptors (Lipinski definition) is 13. The molecule has 10 rings (SSSR count). The van der Waals surface area contributed by atoms with Crippen molar-refractivity contribution in [1.29, 1.82) is 0 Å². The number of sulfonamides is 1. The summed E-state index contributed by atoms with van der Waals surface area (Å²) < 4.78 is 54.6. The van der Waals surface area contributed by atoms with Gasteiger partial charge < -0.3 is 25.0 Å². The maximum absolute atomic E-state index is 16.6. The fraction of sp³-hybridized carbons (Fsp3) is 0.482. The third-order valence-electron chi connectivity index (χ3n) is 16.4. The number of amides is 1. The van der Waals surface area contributed by atoms with E-state index in [0.29, 0.717) is 56.1 Å². The number of fused-ring (bicyclic) bond motifs is 1. The predicted octanol–water partition coefficient (Wildman–Crippen LogP) is 10.1. The van der Waals surface area contributed by atoms with Crippen LogP contribution in [0.25, 0.3) is 11.0 Å². The maximum Gasteiger partial charge on any atom is 0.293 e. The molecule has 0 radical (unpaired) electrons. The van der Waals surface area contributed by atoms with Crippen molar-refractivity contribution in [2.75, 3.05) is 49.5 Å². The number of anilines is 2. The lowest BCUT2D eigenvalue weighted by Gasteiger charge is -2.58. The molecular weight excluding hydrogens is 976 g/mol. The second-order valence-corrected chi connectivity index (χ2v) is 24.1. The number of aromatic amines is 1. The van der Waals surface area contributed by atoms with E-state index in [1.54, 1.807) is 25.3 Å². The summed E-state index contributed by atoms with van der Waals surface area (Å²) >= 11 is 0. The zero-order valence-corrected chi connectivity index (χ0v) is 44.3. The average Bonchev–Trinajstić information content (AvgIpc) is 4.06. The lowest BCUT2D eigenvalue weighted by Crippen LogP contribution is -2.60. The molecule has 2 saturated carbocycles. The highest BCUT2D eigenvalue weighted by atomic mass is 32.2. The van der Waals surface area contributed by atoms with E-state index in [1.165, 1.54) is 41.1 Å². The number of rotatable bonds is 16. The van der Waals surface area contributed by atoms with Gasteiger partial charge in [0.05, 0.1) is 39.1 Å². The molecule has 4 aliphatic rings. The number of hydrogen-bond donors (Lipinski definition) is 4. The number of nitro benzene ring substituents is 1. The molecule has 0 bridgehead atoms. The van der Waals surface area contributed by atoms with E-state index in [4.69, 9.17) is 4.74 Å². The van der Waals surface area contributed by atoms with Crippen molar-refractivity contribution in [2.45, 2.75) is 127 Å². The number of carbonyl (C=O) groups excluding carboxylic acids is 1. The number of halogens is 1. The number of nitrogens with one attached hydrogen (secondary N) is 3. The smallest absolute Gasteiger partial charge is 0.293 e. The molecule has 1 spiro atoms. The molecule has 19 heteroatoms. The molecular formula is C56H69FN10O7S. The van der Waals surface area contributed by atoms with Gasteiger partial charge in [0.1, 0.15) is 28.7 Å². The van der Waals surface area contributed by atoms with Gasteiger partial charge in [0.25, 0.3) is 21.6 Å². The van der Waals surface area contributed by atoms with Gasteiger partial charge in [-0.25, -0.2) is 22.5 Å². The number of ether oxygens (including phenoxy) is 1. The SMILES string of the molecule is CC(C)c1ccccc1[C@@H]1CN(Cc2cnn(C(C)C)c2)CCN1C1CC2(CCN(c3cc(Oc4cnc5[nH]ccc5c4)c(C(=O)NS(=O)(=O)c4ccc(NCC5CCC(C)(O)CC5)c([N+](=O)[O-])c4)cc3F)CC2)C1. The third kappa shape index (κ3) is 11.3. The Kier molecular flexibility index (Phi) is 14.5. The van der Waals surface area contributed by atoms with Gasteiger partial charge in [-0.05, 0) is 131 Å². The van der Waals surface area contributed by atoms with Gasteiger partial charge in [-0.3, -0.25) is 29.4 Å². The summed E-state index contributed by atoms with van der Waals surface area (Å²) in [6, 6.07) is 19.2. The van der Waals surface area contributed by atoms with E-state index in [9.17, 15) is 28.4 Å². The zero-order valence-electron chi connectivity index (χ0n) is 43.5. The summed E-state index contributed by atoms with van der Waals surface area (Å²) in [6.45, 7) is 15.9. The van der Waals surface area contributed by atoms with Crippen LogP contribution < -0.4 is 19.7 Å². The highest BCUT2D eigenvalue weighted by Gasteiger charge is 2.50. The van der Waals surface area contributed by atoms with Crippen LogP contribution in [-0.4, -0.2) is 105 Å². The quantitative estimate of drug-likeness (QED) is 0.0527. The Bertz CT molecular complexity index is 3170. The minimum atomic E-state index is -4.72. The number of pyridine rings is 1. The molecule has 1 atom stereocenters. The molecule has 2 aliphatic heterocycles. The van der Waals surface area contributed by atoms with Crippen LogP contribution in [0.5, 0.6) is 11.5 Å². The van der Waals surface area contributed by atoms with E-state index in [0.717, 1.165) is 82.2 Å². The van der Waals surface area contributed by atoms with Gasteiger partial charge >= 0.3 is 0 Å². The zero-order chi connectivity index (χ0) is 52.8. The fourth-order valence-corrected chi connectivity index (χ4v) is 13.0. The highest BCUT2D eigenvalue weighted by Crippen LogP contribution is 2.54. The molecule has 1 amide bonds. The predicted molar refractivity (Wildman–Crippen MR) is 286 cm³/mol. The third-order valence-corrected chi connectivity index (χ3v) is 17.7. The number of piperidine rings is 1. The van der Waals surface area contributed by atoms with Crippen LogP contribution in [0.1, 0.15) is 131 Å². The Hall–Kier alpha value is -6.41. The van der Waals surface area contributed by atoms with E-state index in [-0.39, 0.29) is 45.8 Å². The van der Waals surface area contributed by atoms with Gasteiger partial charge in [-0.2, -0.15) is 5.10 Å². The van der Waals surface area contributed by atoms with Crippen LogP contribution in [0, 0.1) is 27.3 Å². The molecule has 6 aromatic rings. The Morgan fingerprint density at radius 2 is 1.75 bits per heavy atom. The second-order valence-electron chi connectivity index (χ2n) is 22.4. The standard InChI is InChI=1S/C56H69FN10O7S/c1-36(2)44-8-6-7-9-45(44)51-35-63(33-39-31-61-66(34-39)37(3)4)22-23-65(51)41-28-56(29-41)17-20-64(21-18-56)49-27-52(74-42-24-40-14-19-58-53(40)60-32-42)46(26-47(49)57)54(68)62-75(72,73)43-10-11-48(50(25-43)67(70)71)59-30-38-12-15-55(5,69)16-13-38/h6-11,14,19,24-27,31-32,34,36-38,41,51,59,69H,12-13,15-18,20-23,28-30,33,35H2,1-5H3,(H,58,60)(H,62,68)/t38?,51-,55?/m0/s1. The molecule has 5 heterocycles. The Labute approximate surface area is 438 Å². The number of aliphatic hydroxyl groups is 1. The van der Waals surface area contributed by atoms with Crippen molar-refractivity contribution >= 4 is 44.0 Å². The summed E-state index contributed by atoms with van der Waals surface area (Å²) in [5.74, 6) is -1.20. The van der Waals surface area contributed by atoms with E-state index in [1.807, 2.05) is 20.5 Å². The van der Waals surface area contributed by atoms with Gasteiger partial charge in [-0.15, -0.1) is 0 Å². The summed E-state index contributed by atoms with van der Waals surface area (Å²) in [5, 5.41) is 31.0. The van der Waals surface area contributed by atoms with Gasteiger partial charge in [0, 0.05) is 99.4 Å². The van der Waals surface area contributed by atoms with Gasteiger partial charge in [-0.1, -0.05) is 38.1 Å². The first-order valence-electron chi connectivity index (χ1n) is 26.4. The van der Waals surface area contributed by atoms with Crippen molar-refractivity contribution in [1.82, 2.24) is 34.3 Å². The molecule has 2 aliphatic carbocycles. The number of nitro groups is 1. The van der Waals surface area contributed by atoms with Crippen molar-refractivity contribution in [3.05, 3.63) is 130 Å². The van der Waals surface area contributed by atoms with Crippen LogP contribution in [-0.2, 0) is 16.6 Å². The first-order chi connectivity index (χ1) is 35.8. The molecule has 4 N–H and O–H groups in total. The minimum absolute atomic E-state index is 0.0878. The topological polar surface area (TPSA) is 204 Å². The minimum Gasteiger partial charge on any atom is -0.455 e. The molecule has 3 aromatic heterocycles. The molecule has 398 valence electrons. The fourth-order valence-electron chi connectivity index (χ4n) is 12.0. The normalized spacial score (nSPS) is 21.7. The molecule has 17 nitrogen and oxygen atoms in total. The molecule has 0 unspecified atom stereocenters. The lowest BCUT2D eigenvalue weighted by molar-refractivity contribution is -0.384. The monoisotopic (exact) mass is 1040 g/mol. The first kappa shape index (κ1) is 52.0. The van der Waals surface area contributed by atoms with Crippen LogP contribution in [0.2, 0.25) is 0 Å². The number of benzene rings is 3.